The van der Waals surface area contributed by atoms with E-state index in [1.807, 2.05) is 62.4 Å². The summed E-state index contributed by atoms with van der Waals surface area (Å²) in [7, 11) is -4.16. The molecule has 3 amide bonds. The Balaban J connectivity index is 0.000000188. The van der Waals surface area contributed by atoms with Gasteiger partial charge in [-0.05, 0) is 109 Å². The van der Waals surface area contributed by atoms with Crippen molar-refractivity contribution in [2.24, 2.45) is 0 Å². The number of nitrogens with one attached hydrogen (secondary N) is 2. The number of anilines is 4. The van der Waals surface area contributed by atoms with Gasteiger partial charge in [-0.3, -0.25) is 14.2 Å². The van der Waals surface area contributed by atoms with Gasteiger partial charge >= 0.3 is 28.1 Å². The quantitative estimate of drug-likeness (QED) is 0.0914. The fourth-order valence-electron chi connectivity index (χ4n) is 5.98. The molecule has 0 saturated carbocycles. The number of carbonyl (C=O) groups is 4. The van der Waals surface area contributed by atoms with E-state index < -0.39 is 22.1 Å². The Kier molecular flexibility index (Phi) is 14.7. The number of aryl methyl sites for hydroxylation is 2. The van der Waals surface area contributed by atoms with E-state index in [9.17, 15) is 32.7 Å². The summed E-state index contributed by atoms with van der Waals surface area (Å²) >= 11 is 0.955. The summed E-state index contributed by atoms with van der Waals surface area (Å²) in [6, 6.07) is 41.5. The molecule has 15 heteroatoms. The minimum Gasteiger partial charge on any atom is -0.478 e. The molecule has 62 heavy (non-hydrogen) atoms. The number of hydrogen-bond donors (Lipinski definition) is 5. The molecule has 0 bridgehead atoms. The van der Waals surface area contributed by atoms with Crippen molar-refractivity contribution in [3.63, 3.8) is 0 Å². The van der Waals surface area contributed by atoms with Crippen LogP contribution in [0, 0.1) is 13.8 Å². The summed E-state index contributed by atoms with van der Waals surface area (Å²) in [4.78, 5) is 53.1. The third kappa shape index (κ3) is 12.0. The number of rotatable bonds is 8. The zero-order valence-corrected chi connectivity index (χ0v) is 36.0. The topological polar surface area (TPSA) is 203 Å². The Bertz CT molecular complexity index is 2770. The number of nitrogens with zero attached hydrogens (tertiary/aromatic N) is 2. The molecular weight excluding hydrogens is 829 g/mol. The molecule has 0 radical (unpaired) electrons. The Morgan fingerprint density at radius 2 is 1.21 bits per heavy atom. The number of carboxylic acids is 2. The van der Waals surface area contributed by atoms with Crippen LogP contribution in [0.1, 0.15) is 68.5 Å². The predicted molar refractivity (Wildman–Crippen MR) is 243 cm³/mol. The molecule has 6 aromatic carbocycles. The van der Waals surface area contributed by atoms with Crippen LogP contribution in [0.5, 0.6) is 0 Å². The summed E-state index contributed by atoms with van der Waals surface area (Å²) in [5, 5.41) is 23.9. The van der Waals surface area contributed by atoms with Gasteiger partial charge < -0.3 is 20.8 Å². The van der Waals surface area contributed by atoms with Gasteiger partial charge in [-0.2, -0.15) is 8.42 Å². The molecular formula is C47H44N4O9S2. The van der Waals surface area contributed by atoms with Crippen molar-refractivity contribution in [3.05, 3.63) is 179 Å². The molecule has 7 rings (SSSR count). The van der Waals surface area contributed by atoms with Crippen LogP contribution >= 0.6 is 11.3 Å². The van der Waals surface area contributed by atoms with Gasteiger partial charge in [0.05, 0.1) is 27.0 Å². The normalized spacial score (nSPS) is 10.9. The number of para-hydroxylation sites is 4. The largest absolute Gasteiger partial charge is 0.478 e. The zero-order chi connectivity index (χ0) is 45.2. The lowest BCUT2D eigenvalue weighted by atomic mass is 9.86. The summed E-state index contributed by atoms with van der Waals surface area (Å²) in [5.41, 5.74) is 6.65. The zero-order valence-electron chi connectivity index (χ0n) is 34.4. The minimum absolute atomic E-state index is 0.0173. The average Bonchev–Trinajstić information content (AvgIpc) is 3.69. The lowest BCUT2D eigenvalue weighted by molar-refractivity contribution is 0.0686. The van der Waals surface area contributed by atoms with Crippen LogP contribution in [0.4, 0.5) is 27.5 Å². The van der Waals surface area contributed by atoms with E-state index in [1.54, 1.807) is 78.9 Å². The van der Waals surface area contributed by atoms with Gasteiger partial charge in [-0.15, -0.1) is 11.3 Å². The van der Waals surface area contributed by atoms with E-state index in [4.69, 9.17) is 9.66 Å². The van der Waals surface area contributed by atoms with Gasteiger partial charge in [0.15, 0.2) is 0 Å². The number of thiazole rings is 1. The van der Waals surface area contributed by atoms with Crippen LogP contribution in [-0.4, -0.2) is 52.0 Å². The highest BCUT2D eigenvalue weighted by molar-refractivity contribution is 7.88. The number of carboxylic acid groups (broad SMARTS) is 2. The molecule has 0 unspecified atom stereocenters. The van der Waals surface area contributed by atoms with E-state index in [1.165, 1.54) is 23.1 Å². The predicted octanol–water partition coefficient (Wildman–Crippen LogP) is 10.8. The Morgan fingerprint density at radius 3 is 1.77 bits per heavy atom. The SMILES string of the molecule is CC(C)(C)c1ccc(C(=O)N(c2ccccc2)c2ccccc2C(=O)O)cc1.Cc1cccc(C)c1NC(=O)Nc1ccc(C(=O)O)cc1.O=S(=O)(O)c1nc2ccccc2s1. The number of aromatic nitrogens is 1. The fourth-order valence-corrected chi connectivity index (χ4v) is 7.58. The summed E-state index contributed by atoms with van der Waals surface area (Å²) in [5.74, 6) is -2.35. The molecule has 0 spiro atoms. The summed E-state index contributed by atoms with van der Waals surface area (Å²) in [6.07, 6.45) is 0. The van der Waals surface area contributed by atoms with E-state index in [2.05, 4.69) is 36.4 Å². The Hall–Kier alpha value is -7.20. The molecule has 0 aliphatic heterocycles. The molecule has 7 aromatic rings. The molecule has 318 valence electrons. The van der Waals surface area contributed by atoms with Gasteiger partial charge in [0.2, 0.25) is 4.34 Å². The van der Waals surface area contributed by atoms with Gasteiger partial charge in [0, 0.05) is 22.6 Å². The van der Waals surface area contributed by atoms with Crippen molar-refractivity contribution in [1.82, 2.24) is 4.98 Å². The summed E-state index contributed by atoms with van der Waals surface area (Å²) < 4.78 is 30.6. The molecule has 0 atom stereocenters. The highest BCUT2D eigenvalue weighted by Gasteiger charge is 2.25. The third-order valence-electron chi connectivity index (χ3n) is 9.20. The van der Waals surface area contributed by atoms with Gasteiger partial charge in [0.1, 0.15) is 0 Å². The van der Waals surface area contributed by atoms with Crippen LogP contribution in [0.3, 0.4) is 0 Å². The van der Waals surface area contributed by atoms with Gasteiger partial charge in [0.25, 0.3) is 5.91 Å². The first-order valence-electron chi connectivity index (χ1n) is 19.0. The molecule has 0 saturated heterocycles. The molecule has 1 heterocycles. The average molecular weight is 873 g/mol. The molecule has 0 aliphatic carbocycles. The van der Waals surface area contributed by atoms with Crippen molar-refractivity contribution >= 4 is 78.3 Å². The first-order chi connectivity index (χ1) is 29.3. The number of fused-ring (bicyclic) bond motifs is 1. The van der Waals surface area contributed by atoms with Crippen molar-refractivity contribution in [3.8, 4) is 0 Å². The van der Waals surface area contributed by atoms with Gasteiger partial charge in [-0.1, -0.05) is 93.6 Å². The smallest absolute Gasteiger partial charge is 0.337 e. The lowest BCUT2D eigenvalue weighted by Gasteiger charge is -2.25. The third-order valence-corrected chi connectivity index (χ3v) is 11.4. The first kappa shape index (κ1) is 45.9. The van der Waals surface area contributed by atoms with Crippen molar-refractivity contribution < 1.29 is 42.4 Å². The summed E-state index contributed by atoms with van der Waals surface area (Å²) in [6.45, 7) is 10.2. The number of amides is 3. The second kappa shape index (κ2) is 19.9. The van der Waals surface area contributed by atoms with E-state index >= 15 is 0 Å². The first-order valence-corrected chi connectivity index (χ1v) is 21.2. The van der Waals surface area contributed by atoms with E-state index in [0.29, 0.717) is 28.1 Å². The van der Waals surface area contributed by atoms with Crippen LogP contribution < -0.4 is 15.5 Å². The van der Waals surface area contributed by atoms with Gasteiger partial charge in [-0.25, -0.2) is 19.4 Å². The lowest BCUT2D eigenvalue weighted by Crippen LogP contribution is -2.27. The molecule has 5 N–H and O–H groups in total. The van der Waals surface area contributed by atoms with Crippen molar-refractivity contribution in [2.75, 3.05) is 15.5 Å². The fraction of sp³-hybridized carbons (Fsp3) is 0.128. The molecule has 0 fully saturated rings. The van der Waals surface area contributed by atoms with E-state index in [-0.39, 0.29) is 32.8 Å². The van der Waals surface area contributed by atoms with Crippen LogP contribution in [-0.2, 0) is 15.5 Å². The second-order valence-corrected chi connectivity index (χ2v) is 17.4. The number of benzene rings is 6. The Labute approximate surface area is 363 Å². The standard InChI is InChI=1S/C24H23NO3.C16H16N2O3.C7H5NO3S2/c1-24(2,3)18-15-13-17(14-16-18)22(26)25(19-9-5-4-6-10-19)21-12-8-7-11-20(21)23(27)28;1-10-4-3-5-11(2)14(10)18-16(21)17-13-8-6-12(7-9-13)15(19)20;9-13(10,11)7-8-5-3-1-2-4-6(5)12-7/h4-16H,1-3H3,(H,27,28);3-9H,1-2H3,(H,19,20)(H2,17,18,21);1-4H,(H,9,10,11). The molecule has 0 aliphatic rings. The maximum absolute atomic E-state index is 13.4. The minimum atomic E-state index is -4.16. The van der Waals surface area contributed by atoms with Crippen molar-refractivity contribution in [1.29, 1.82) is 0 Å². The van der Waals surface area contributed by atoms with Crippen LogP contribution in [0.25, 0.3) is 10.2 Å². The molecule has 13 nitrogen and oxygen atoms in total. The van der Waals surface area contributed by atoms with E-state index in [0.717, 1.165) is 38.4 Å². The Morgan fingerprint density at radius 1 is 0.645 bits per heavy atom. The number of urea groups is 1. The van der Waals surface area contributed by atoms with Crippen molar-refractivity contribution in [2.45, 2.75) is 44.4 Å². The highest BCUT2D eigenvalue weighted by Crippen LogP contribution is 2.32. The number of aromatic carboxylic acids is 2. The number of carbonyl (C=O) groups excluding carboxylic acids is 2. The maximum Gasteiger partial charge on any atom is 0.337 e. The highest BCUT2D eigenvalue weighted by atomic mass is 32.3. The second-order valence-electron chi connectivity index (χ2n) is 14.8. The molecule has 1 aromatic heterocycles. The van der Waals surface area contributed by atoms with Crippen LogP contribution in [0.15, 0.2) is 150 Å². The maximum atomic E-state index is 13.4. The number of hydrogen-bond acceptors (Lipinski definition) is 8. The monoisotopic (exact) mass is 872 g/mol. The van der Waals surface area contributed by atoms with Crippen LogP contribution in [0.2, 0.25) is 0 Å².